The average Bonchev–Trinajstić information content (AvgIpc) is 2.61. The van der Waals surface area contributed by atoms with Crippen LogP contribution in [-0.4, -0.2) is 24.8 Å². The molecule has 4 heteroatoms. The smallest absolute Gasteiger partial charge is 0.223 e. The Kier molecular flexibility index (Phi) is 9.46. The second kappa shape index (κ2) is 10.8. The third-order valence-electron chi connectivity index (χ3n) is 5.54. The molecule has 0 radical (unpaired) electrons. The molecule has 0 aromatic carbocycles. The first-order chi connectivity index (χ1) is 11.1. The van der Waals surface area contributed by atoms with E-state index in [1.807, 2.05) is 13.8 Å². The summed E-state index contributed by atoms with van der Waals surface area (Å²) in [6, 6.07) is 0. The van der Waals surface area contributed by atoms with Gasteiger partial charge in [-0.05, 0) is 76.7 Å². The zero-order valence-electron chi connectivity index (χ0n) is 15.3. The monoisotopic (exact) mass is 324 g/mol. The molecule has 2 rings (SSSR count). The molecule has 0 aromatic rings. The van der Waals surface area contributed by atoms with Crippen LogP contribution < -0.4 is 11.1 Å². The fourth-order valence-electron chi connectivity index (χ4n) is 3.82. The van der Waals surface area contributed by atoms with Gasteiger partial charge in [-0.1, -0.05) is 13.8 Å². The number of carbonyl (C=O) groups excluding carboxylic acids is 2. The second-order valence-corrected chi connectivity index (χ2v) is 7.03. The second-order valence-electron chi connectivity index (χ2n) is 7.03. The molecule has 0 atom stereocenters. The Hall–Kier alpha value is -0.900. The van der Waals surface area contributed by atoms with Crippen molar-refractivity contribution in [3.8, 4) is 0 Å². The van der Waals surface area contributed by atoms with Gasteiger partial charge in [0.15, 0.2) is 0 Å². The number of ketones is 1. The van der Waals surface area contributed by atoms with E-state index in [4.69, 9.17) is 5.73 Å². The van der Waals surface area contributed by atoms with Gasteiger partial charge in [0.25, 0.3) is 0 Å². The third-order valence-corrected chi connectivity index (χ3v) is 5.54. The molecule has 1 amide bonds. The summed E-state index contributed by atoms with van der Waals surface area (Å²) in [4.78, 5) is 23.6. The highest BCUT2D eigenvalue weighted by Gasteiger charge is 2.27. The zero-order chi connectivity index (χ0) is 17.2. The molecule has 3 N–H and O–H groups in total. The molecule has 0 unspecified atom stereocenters. The van der Waals surface area contributed by atoms with Crippen LogP contribution in [0.25, 0.3) is 0 Å². The molecule has 2 saturated carbocycles. The van der Waals surface area contributed by atoms with Crippen LogP contribution in [0.3, 0.4) is 0 Å². The van der Waals surface area contributed by atoms with Gasteiger partial charge in [-0.15, -0.1) is 0 Å². The van der Waals surface area contributed by atoms with Gasteiger partial charge in [0.05, 0.1) is 0 Å². The highest BCUT2D eigenvalue weighted by Crippen LogP contribution is 2.30. The third kappa shape index (κ3) is 6.62. The van der Waals surface area contributed by atoms with Gasteiger partial charge >= 0.3 is 0 Å². The highest BCUT2D eigenvalue weighted by molar-refractivity contribution is 5.79. The van der Waals surface area contributed by atoms with E-state index in [0.29, 0.717) is 17.6 Å². The van der Waals surface area contributed by atoms with E-state index in [1.165, 1.54) is 0 Å². The van der Waals surface area contributed by atoms with E-state index >= 15 is 0 Å². The molecule has 0 heterocycles. The first-order valence-corrected chi connectivity index (χ1v) is 9.58. The van der Waals surface area contributed by atoms with Crippen LogP contribution in [-0.2, 0) is 9.59 Å². The number of nitrogens with two attached hydrogens (primary N) is 1. The summed E-state index contributed by atoms with van der Waals surface area (Å²) in [5, 5.41) is 3.14. The maximum absolute atomic E-state index is 12.2. The van der Waals surface area contributed by atoms with Crippen molar-refractivity contribution in [2.75, 3.05) is 13.1 Å². The molecule has 4 nitrogen and oxygen atoms in total. The van der Waals surface area contributed by atoms with Crippen molar-refractivity contribution < 1.29 is 9.59 Å². The zero-order valence-corrected chi connectivity index (χ0v) is 15.3. The first-order valence-electron chi connectivity index (χ1n) is 9.58. The maximum atomic E-state index is 12.2. The number of Topliss-reactive ketones (excluding diaryl/α,β-unsaturated/α-hetero) is 1. The van der Waals surface area contributed by atoms with Gasteiger partial charge in [0, 0.05) is 18.4 Å². The summed E-state index contributed by atoms with van der Waals surface area (Å²) in [7, 11) is 0. The molecule has 23 heavy (non-hydrogen) atoms. The van der Waals surface area contributed by atoms with E-state index in [-0.39, 0.29) is 17.7 Å². The molecule has 2 aliphatic rings. The molecular weight excluding hydrogens is 288 g/mol. The molecule has 0 aliphatic heterocycles. The summed E-state index contributed by atoms with van der Waals surface area (Å²) < 4.78 is 0. The van der Waals surface area contributed by atoms with E-state index < -0.39 is 0 Å². The number of carbonyl (C=O) groups is 2. The Balaban J connectivity index is 0.00000127. The predicted octanol–water partition coefficient (Wildman–Crippen LogP) is 3.29. The van der Waals surface area contributed by atoms with Crippen LogP contribution >= 0.6 is 0 Å². The Morgan fingerprint density at radius 2 is 1.35 bits per heavy atom. The minimum atomic E-state index is 0.196. The van der Waals surface area contributed by atoms with Gasteiger partial charge in [0.1, 0.15) is 5.78 Å². The summed E-state index contributed by atoms with van der Waals surface area (Å²) in [5.41, 5.74) is 5.69. The van der Waals surface area contributed by atoms with E-state index in [1.54, 1.807) is 6.92 Å². The van der Waals surface area contributed by atoms with Crippen molar-refractivity contribution in [3.63, 3.8) is 0 Å². The van der Waals surface area contributed by atoms with Crippen LogP contribution in [0.5, 0.6) is 0 Å². The molecule has 2 aliphatic carbocycles. The fraction of sp³-hybridized carbons (Fsp3) is 0.895. The van der Waals surface area contributed by atoms with Crippen molar-refractivity contribution in [1.29, 1.82) is 0 Å². The number of nitrogens with one attached hydrogen (secondary N) is 1. The largest absolute Gasteiger partial charge is 0.356 e. The summed E-state index contributed by atoms with van der Waals surface area (Å²) in [6.45, 7) is 7.25. The molecule has 0 aromatic heterocycles. The van der Waals surface area contributed by atoms with Crippen molar-refractivity contribution in [2.45, 2.75) is 72.1 Å². The van der Waals surface area contributed by atoms with Crippen LogP contribution in [0, 0.1) is 23.7 Å². The molecule has 0 saturated heterocycles. The summed E-state index contributed by atoms with van der Waals surface area (Å²) in [6.07, 6.45) is 8.32. The number of amides is 1. The normalized spacial score (nSPS) is 30.8. The maximum Gasteiger partial charge on any atom is 0.223 e. The number of rotatable bonds is 5. The predicted molar refractivity (Wildman–Crippen MR) is 95.0 cm³/mol. The minimum absolute atomic E-state index is 0.196. The topological polar surface area (TPSA) is 72.2 Å². The molecular formula is C19H36N2O2. The number of hydrogen-bond acceptors (Lipinski definition) is 3. The molecule has 134 valence electrons. The van der Waals surface area contributed by atoms with Crippen LogP contribution in [0.15, 0.2) is 0 Å². The Morgan fingerprint density at radius 1 is 0.870 bits per heavy atom. The molecule has 0 bridgehead atoms. The van der Waals surface area contributed by atoms with E-state index in [2.05, 4.69) is 5.32 Å². The van der Waals surface area contributed by atoms with Gasteiger partial charge in [0.2, 0.25) is 5.91 Å². The lowest BCUT2D eigenvalue weighted by Crippen LogP contribution is -2.37. The Bertz CT molecular complexity index is 354. The van der Waals surface area contributed by atoms with Gasteiger partial charge in [-0.3, -0.25) is 9.59 Å². The van der Waals surface area contributed by atoms with Crippen molar-refractivity contribution in [1.82, 2.24) is 5.32 Å². The summed E-state index contributed by atoms with van der Waals surface area (Å²) >= 11 is 0. The quantitative estimate of drug-likeness (QED) is 0.815. The van der Waals surface area contributed by atoms with E-state index in [0.717, 1.165) is 64.5 Å². The summed E-state index contributed by atoms with van der Waals surface area (Å²) in [5.74, 6) is 2.21. The lowest BCUT2D eigenvalue weighted by Gasteiger charge is -2.29. The lowest BCUT2D eigenvalue weighted by atomic mass is 9.80. The fourth-order valence-corrected chi connectivity index (χ4v) is 3.82. The highest BCUT2D eigenvalue weighted by atomic mass is 16.1. The van der Waals surface area contributed by atoms with Gasteiger partial charge in [-0.25, -0.2) is 0 Å². The van der Waals surface area contributed by atoms with Crippen molar-refractivity contribution in [3.05, 3.63) is 0 Å². The Labute approximate surface area is 142 Å². The van der Waals surface area contributed by atoms with Crippen molar-refractivity contribution in [2.24, 2.45) is 29.4 Å². The molecule has 0 spiro atoms. The molecule has 2 fully saturated rings. The standard InChI is InChI=1S/C17H30N2O2.C2H6/c1-12(20)15-6-4-14(5-7-15)11-19-17(21)16-8-2-13(10-18)3-9-16;1-2/h13-16H,2-11,18H2,1H3,(H,19,21);1-2H3. The van der Waals surface area contributed by atoms with Crippen LogP contribution in [0.2, 0.25) is 0 Å². The van der Waals surface area contributed by atoms with Gasteiger partial charge in [-0.2, -0.15) is 0 Å². The SMILES string of the molecule is CC.CC(=O)C1CCC(CNC(=O)C2CCC(CN)CC2)CC1. The van der Waals surface area contributed by atoms with Crippen molar-refractivity contribution >= 4 is 11.7 Å². The van der Waals surface area contributed by atoms with Crippen LogP contribution in [0.1, 0.15) is 72.1 Å². The first kappa shape index (κ1) is 20.1. The average molecular weight is 325 g/mol. The number of hydrogen-bond donors (Lipinski definition) is 2. The minimum Gasteiger partial charge on any atom is -0.356 e. The van der Waals surface area contributed by atoms with Gasteiger partial charge < -0.3 is 11.1 Å². The van der Waals surface area contributed by atoms with E-state index in [9.17, 15) is 9.59 Å². The lowest BCUT2D eigenvalue weighted by molar-refractivity contribution is -0.127. The van der Waals surface area contributed by atoms with Crippen LogP contribution in [0.4, 0.5) is 0 Å². The Morgan fingerprint density at radius 3 is 1.83 bits per heavy atom.